The van der Waals surface area contributed by atoms with Gasteiger partial charge in [0.15, 0.2) is 0 Å². The summed E-state index contributed by atoms with van der Waals surface area (Å²) in [6, 6.07) is 9.62. The van der Waals surface area contributed by atoms with E-state index >= 15 is 0 Å². The number of hydrogen-bond acceptors (Lipinski definition) is 3. The van der Waals surface area contributed by atoms with Gasteiger partial charge in [-0.15, -0.1) is 0 Å². The fourth-order valence-electron chi connectivity index (χ4n) is 2.23. The van der Waals surface area contributed by atoms with Crippen LogP contribution in [0.15, 0.2) is 24.3 Å². The molecular formula is C14H22N2S. The first-order chi connectivity index (χ1) is 8.22. The number of thioether (sulfide) groups is 1. The lowest BCUT2D eigenvalue weighted by molar-refractivity contribution is 0.691. The van der Waals surface area contributed by atoms with Gasteiger partial charge in [-0.3, -0.25) is 0 Å². The van der Waals surface area contributed by atoms with Crippen LogP contribution >= 0.6 is 11.8 Å². The molecule has 1 aromatic carbocycles. The van der Waals surface area contributed by atoms with Crippen molar-refractivity contribution in [2.45, 2.75) is 31.8 Å². The fourth-order valence-corrected chi connectivity index (χ4v) is 3.50. The van der Waals surface area contributed by atoms with Gasteiger partial charge >= 0.3 is 0 Å². The number of hydrogen-bond donors (Lipinski definition) is 1. The van der Waals surface area contributed by atoms with Crippen LogP contribution in [0.1, 0.15) is 31.4 Å². The molecule has 1 fully saturated rings. The Hall–Kier alpha value is -0.670. The van der Waals surface area contributed by atoms with Crippen LogP contribution in [0.25, 0.3) is 0 Å². The molecule has 0 bridgehead atoms. The summed E-state index contributed by atoms with van der Waals surface area (Å²) in [5, 5.41) is 0. The van der Waals surface area contributed by atoms with Crippen molar-refractivity contribution in [2.24, 2.45) is 5.73 Å². The van der Waals surface area contributed by atoms with Crippen LogP contribution in [0.5, 0.6) is 0 Å². The van der Waals surface area contributed by atoms with Crippen molar-refractivity contribution in [1.82, 2.24) is 0 Å². The zero-order valence-electron chi connectivity index (χ0n) is 10.7. The zero-order valence-corrected chi connectivity index (χ0v) is 11.5. The van der Waals surface area contributed by atoms with Crippen LogP contribution in [0.2, 0.25) is 0 Å². The summed E-state index contributed by atoms with van der Waals surface area (Å²) in [5.74, 6) is 2.56. The lowest BCUT2D eigenvalue weighted by Crippen LogP contribution is -2.31. The highest BCUT2D eigenvalue weighted by atomic mass is 32.2. The van der Waals surface area contributed by atoms with Gasteiger partial charge in [-0.25, -0.2) is 0 Å². The minimum absolute atomic E-state index is 0.177. The first-order valence-electron chi connectivity index (χ1n) is 6.38. The summed E-state index contributed by atoms with van der Waals surface area (Å²) in [4.78, 5) is 2.40. The van der Waals surface area contributed by atoms with Crippen molar-refractivity contribution in [1.29, 1.82) is 0 Å². The second-order valence-electron chi connectivity index (χ2n) is 4.73. The summed E-state index contributed by atoms with van der Waals surface area (Å²) in [5.41, 5.74) is 8.58. The molecule has 0 radical (unpaired) electrons. The Balaban J connectivity index is 2.06. The third-order valence-electron chi connectivity index (χ3n) is 3.62. The number of nitrogens with zero attached hydrogens (tertiary/aromatic N) is 1. The maximum atomic E-state index is 6.03. The van der Waals surface area contributed by atoms with Gasteiger partial charge in [-0.2, -0.15) is 11.8 Å². The highest BCUT2D eigenvalue weighted by molar-refractivity contribution is 7.99. The van der Waals surface area contributed by atoms with Gasteiger partial charge in [-0.05, 0) is 36.3 Å². The first kappa shape index (κ1) is 12.8. The predicted molar refractivity (Wildman–Crippen MR) is 77.8 cm³/mol. The molecule has 0 saturated carbocycles. The van der Waals surface area contributed by atoms with Crippen LogP contribution in [-0.2, 0) is 0 Å². The monoisotopic (exact) mass is 250 g/mol. The third kappa shape index (κ3) is 2.96. The molecule has 1 aliphatic heterocycles. The Bertz CT molecular complexity index is 344. The summed E-state index contributed by atoms with van der Waals surface area (Å²) < 4.78 is 0. The first-order valence-corrected chi connectivity index (χ1v) is 7.54. The van der Waals surface area contributed by atoms with Gasteiger partial charge in [0, 0.05) is 30.6 Å². The molecule has 1 heterocycles. The van der Waals surface area contributed by atoms with Crippen molar-refractivity contribution in [3.05, 3.63) is 29.8 Å². The molecule has 2 atom stereocenters. The van der Waals surface area contributed by atoms with E-state index in [-0.39, 0.29) is 6.04 Å². The molecule has 2 N–H and O–H groups in total. The minimum Gasteiger partial charge on any atom is -0.371 e. The lowest BCUT2D eigenvalue weighted by Gasteiger charge is -2.26. The maximum absolute atomic E-state index is 6.03. The molecule has 94 valence electrons. The average molecular weight is 250 g/mol. The Labute approximate surface area is 109 Å². The van der Waals surface area contributed by atoms with E-state index in [1.807, 2.05) is 0 Å². The van der Waals surface area contributed by atoms with Crippen molar-refractivity contribution in [3.63, 3.8) is 0 Å². The van der Waals surface area contributed by atoms with Gasteiger partial charge in [0.2, 0.25) is 0 Å². The Morgan fingerprint density at radius 2 is 2.12 bits per heavy atom. The molecule has 0 amide bonds. The standard InChI is InChI=1S/C14H22N2S/c1-3-14(15)11-4-6-12(7-5-11)16(2)13-8-9-17-10-13/h4-7,13-14H,3,8-10,15H2,1-2H3. The third-order valence-corrected chi connectivity index (χ3v) is 4.77. The van der Waals surface area contributed by atoms with Gasteiger partial charge in [0.05, 0.1) is 0 Å². The van der Waals surface area contributed by atoms with Gasteiger partial charge in [0.1, 0.15) is 0 Å². The van der Waals surface area contributed by atoms with Crippen molar-refractivity contribution >= 4 is 17.4 Å². The average Bonchev–Trinajstić information content (AvgIpc) is 2.91. The van der Waals surface area contributed by atoms with E-state index in [0.29, 0.717) is 6.04 Å². The summed E-state index contributed by atoms with van der Waals surface area (Å²) in [6.45, 7) is 2.13. The second-order valence-corrected chi connectivity index (χ2v) is 5.88. The van der Waals surface area contributed by atoms with E-state index in [0.717, 1.165) is 6.42 Å². The molecule has 2 rings (SSSR count). The predicted octanol–water partition coefficient (Wildman–Crippen LogP) is 3.04. The Morgan fingerprint density at radius 3 is 2.65 bits per heavy atom. The molecular weight excluding hydrogens is 228 g/mol. The van der Waals surface area contributed by atoms with E-state index < -0.39 is 0 Å². The molecule has 17 heavy (non-hydrogen) atoms. The normalized spacial score (nSPS) is 21.5. The lowest BCUT2D eigenvalue weighted by atomic mass is 10.0. The molecule has 1 aliphatic rings. The largest absolute Gasteiger partial charge is 0.371 e. The maximum Gasteiger partial charge on any atom is 0.0385 e. The van der Waals surface area contributed by atoms with E-state index in [9.17, 15) is 0 Å². The van der Waals surface area contributed by atoms with Crippen molar-refractivity contribution in [2.75, 3.05) is 23.5 Å². The van der Waals surface area contributed by atoms with E-state index in [1.165, 1.54) is 29.2 Å². The van der Waals surface area contributed by atoms with Crippen LogP contribution in [0, 0.1) is 0 Å². The van der Waals surface area contributed by atoms with E-state index in [1.54, 1.807) is 0 Å². The molecule has 0 spiro atoms. The number of benzene rings is 1. The smallest absolute Gasteiger partial charge is 0.0385 e. The molecule has 1 aromatic rings. The molecule has 2 nitrogen and oxygen atoms in total. The highest BCUT2D eigenvalue weighted by Crippen LogP contribution is 2.26. The van der Waals surface area contributed by atoms with Gasteiger partial charge in [0.25, 0.3) is 0 Å². The van der Waals surface area contributed by atoms with Crippen molar-refractivity contribution in [3.8, 4) is 0 Å². The Morgan fingerprint density at radius 1 is 1.41 bits per heavy atom. The summed E-state index contributed by atoms with van der Waals surface area (Å²) >= 11 is 2.06. The quantitative estimate of drug-likeness (QED) is 0.890. The van der Waals surface area contributed by atoms with Crippen LogP contribution in [-0.4, -0.2) is 24.6 Å². The van der Waals surface area contributed by atoms with Crippen molar-refractivity contribution < 1.29 is 0 Å². The summed E-state index contributed by atoms with van der Waals surface area (Å²) in [6.07, 6.45) is 2.30. The zero-order chi connectivity index (χ0) is 12.3. The molecule has 0 aliphatic carbocycles. The number of rotatable bonds is 4. The van der Waals surface area contributed by atoms with E-state index in [2.05, 4.69) is 54.9 Å². The van der Waals surface area contributed by atoms with Gasteiger partial charge < -0.3 is 10.6 Å². The summed E-state index contributed by atoms with van der Waals surface area (Å²) in [7, 11) is 2.20. The van der Waals surface area contributed by atoms with Gasteiger partial charge in [-0.1, -0.05) is 19.1 Å². The SMILES string of the molecule is CCC(N)c1ccc(N(C)C2CCSC2)cc1. The Kier molecular flexibility index (Phi) is 4.35. The second kappa shape index (κ2) is 5.78. The van der Waals surface area contributed by atoms with E-state index in [4.69, 9.17) is 5.73 Å². The highest BCUT2D eigenvalue weighted by Gasteiger charge is 2.20. The van der Waals surface area contributed by atoms with Crippen LogP contribution in [0.4, 0.5) is 5.69 Å². The van der Waals surface area contributed by atoms with Crippen LogP contribution in [0.3, 0.4) is 0 Å². The molecule has 0 aromatic heterocycles. The molecule has 1 saturated heterocycles. The molecule has 3 heteroatoms. The van der Waals surface area contributed by atoms with Crippen LogP contribution < -0.4 is 10.6 Å². The molecule has 2 unspecified atom stereocenters. The fraction of sp³-hybridized carbons (Fsp3) is 0.571. The topological polar surface area (TPSA) is 29.3 Å². The number of nitrogens with two attached hydrogens (primary N) is 1. The number of anilines is 1. The minimum atomic E-state index is 0.177.